The van der Waals surface area contributed by atoms with Crippen LogP contribution in [0, 0.1) is 0 Å². The minimum Gasteiger partial charge on any atom is -0.305 e. The summed E-state index contributed by atoms with van der Waals surface area (Å²) < 4.78 is 0. The minimum atomic E-state index is -0.0647. The molecule has 2 heterocycles. The van der Waals surface area contributed by atoms with Gasteiger partial charge in [-0.2, -0.15) is 0 Å². The van der Waals surface area contributed by atoms with Crippen molar-refractivity contribution in [3.63, 3.8) is 0 Å². The van der Waals surface area contributed by atoms with E-state index in [-0.39, 0.29) is 17.4 Å². The number of hydrogen-bond acceptors (Lipinski definition) is 2. The molecule has 0 unspecified atom stereocenters. The quantitative estimate of drug-likeness (QED) is 0.797. The van der Waals surface area contributed by atoms with Crippen LogP contribution < -0.4 is 4.90 Å². The van der Waals surface area contributed by atoms with Crippen LogP contribution in [0.2, 0.25) is 0 Å². The number of anilines is 1. The van der Waals surface area contributed by atoms with Crippen molar-refractivity contribution >= 4 is 11.6 Å². The first-order valence-corrected chi connectivity index (χ1v) is 7.76. The number of rotatable bonds is 1. The first-order chi connectivity index (χ1) is 10.4. The van der Waals surface area contributed by atoms with E-state index in [1.54, 1.807) is 6.20 Å². The molecule has 0 N–H and O–H groups in total. The molecule has 0 fully saturated rings. The van der Waals surface area contributed by atoms with Crippen molar-refractivity contribution in [1.29, 1.82) is 0 Å². The third-order valence-corrected chi connectivity index (χ3v) is 4.20. The largest absolute Gasteiger partial charge is 0.305 e. The summed E-state index contributed by atoms with van der Waals surface area (Å²) in [5.41, 5.74) is 3.87. The highest BCUT2D eigenvalue weighted by Crippen LogP contribution is 2.33. The molecule has 1 atom stereocenters. The first-order valence-electron chi connectivity index (χ1n) is 7.76. The summed E-state index contributed by atoms with van der Waals surface area (Å²) in [6, 6.07) is 12.1. The molecule has 0 saturated heterocycles. The van der Waals surface area contributed by atoms with E-state index in [0.717, 1.165) is 17.8 Å². The van der Waals surface area contributed by atoms with Crippen LogP contribution in [0.25, 0.3) is 0 Å². The predicted molar refractivity (Wildman–Crippen MR) is 89.4 cm³/mol. The van der Waals surface area contributed by atoms with E-state index in [2.05, 4.69) is 38.7 Å². The number of fused-ring (bicyclic) bond motifs is 1. The van der Waals surface area contributed by atoms with Crippen LogP contribution in [0.15, 0.2) is 42.6 Å². The Labute approximate surface area is 132 Å². The summed E-state index contributed by atoms with van der Waals surface area (Å²) in [6.07, 6.45) is 2.65. The fraction of sp³-hybridized carbons (Fsp3) is 0.368. The van der Waals surface area contributed by atoms with E-state index in [0.29, 0.717) is 5.56 Å². The van der Waals surface area contributed by atoms with Crippen molar-refractivity contribution in [3.8, 4) is 0 Å². The lowest BCUT2D eigenvalue weighted by Crippen LogP contribution is -2.36. The number of carbonyl (C=O) groups excluding carboxylic acids is 1. The summed E-state index contributed by atoms with van der Waals surface area (Å²) >= 11 is 0. The topological polar surface area (TPSA) is 33.2 Å². The maximum Gasteiger partial charge on any atom is 0.258 e. The molecule has 1 aromatic heterocycles. The average molecular weight is 294 g/mol. The zero-order chi connectivity index (χ0) is 15.9. The highest BCUT2D eigenvalue weighted by molar-refractivity contribution is 6.07. The van der Waals surface area contributed by atoms with E-state index in [4.69, 9.17) is 0 Å². The van der Waals surface area contributed by atoms with Crippen LogP contribution in [0.3, 0.4) is 0 Å². The molecular formula is C19H22N2O. The number of para-hydroxylation sites is 1. The van der Waals surface area contributed by atoms with Gasteiger partial charge in [0.05, 0.1) is 0 Å². The Morgan fingerprint density at radius 2 is 1.95 bits per heavy atom. The molecule has 1 aliphatic heterocycles. The molecule has 0 aliphatic carbocycles. The van der Waals surface area contributed by atoms with Crippen LogP contribution in [-0.2, 0) is 11.8 Å². The number of aromatic nitrogens is 1. The van der Waals surface area contributed by atoms with E-state index >= 15 is 0 Å². The Morgan fingerprint density at radius 3 is 2.68 bits per heavy atom. The Hall–Kier alpha value is -2.16. The van der Waals surface area contributed by atoms with Crippen molar-refractivity contribution in [3.05, 3.63) is 59.4 Å². The van der Waals surface area contributed by atoms with Gasteiger partial charge in [-0.15, -0.1) is 0 Å². The SMILES string of the molecule is C[C@@H]1Cc2ccccc2N1C(=O)c1ccnc(C(C)(C)C)c1. The zero-order valence-electron chi connectivity index (χ0n) is 13.6. The second-order valence-electron chi connectivity index (χ2n) is 7.04. The number of carbonyl (C=O) groups is 1. The lowest BCUT2D eigenvalue weighted by molar-refractivity contribution is 0.0981. The van der Waals surface area contributed by atoms with Gasteiger partial charge in [-0.3, -0.25) is 9.78 Å². The Kier molecular flexibility index (Phi) is 3.51. The van der Waals surface area contributed by atoms with Gasteiger partial charge in [-0.05, 0) is 37.1 Å². The van der Waals surface area contributed by atoms with Gasteiger partial charge in [0, 0.05) is 34.6 Å². The second kappa shape index (κ2) is 5.24. The molecule has 3 rings (SSSR count). The number of benzene rings is 1. The number of pyridine rings is 1. The molecule has 3 nitrogen and oxygen atoms in total. The molecule has 114 valence electrons. The van der Waals surface area contributed by atoms with Gasteiger partial charge in [0.1, 0.15) is 0 Å². The zero-order valence-corrected chi connectivity index (χ0v) is 13.6. The summed E-state index contributed by atoms with van der Waals surface area (Å²) in [4.78, 5) is 19.3. The van der Waals surface area contributed by atoms with Crippen LogP contribution in [0.4, 0.5) is 5.69 Å². The third-order valence-electron chi connectivity index (χ3n) is 4.20. The molecule has 0 radical (unpaired) electrons. The maximum atomic E-state index is 13.0. The molecule has 1 aromatic carbocycles. The van der Waals surface area contributed by atoms with Gasteiger partial charge in [0.15, 0.2) is 0 Å². The molecule has 22 heavy (non-hydrogen) atoms. The summed E-state index contributed by atoms with van der Waals surface area (Å²) in [7, 11) is 0. The van der Waals surface area contributed by atoms with Gasteiger partial charge in [-0.1, -0.05) is 39.0 Å². The summed E-state index contributed by atoms with van der Waals surface area (Å²) in [6.45, 7) is 8.43. The maximum absolute atomic E-state index is 13.0. The van der Waals surface area contributed by atoms with Crippen molar-refractivity contribution < 1.29 is 4.79 Å². The fourth-order valence-electron chi connectivity index (χ4n) is 2.99. The Bertz CT molecular complexity index is 715. The average Bonchev–Trinajstić information content (AvgIpc) is 2.81. The minimum absolute atomic E-state index is 0.0605. The Morgan fingerprint density at radius 1 is 1.23 bits per heavy atom. The molecule has 3 heteroatoms. The summed E-state index contributed by atoms with van der Waals surface area (Å²) in [5.74, 6) is 0.0605. The van der Waals surface area contributed by atoms with E-state index < -0.39 is 0 Å². The van der Waals surface area contributed by atoms with Crippen molar-refractivity contribution in [2.24, 2.45) is 0 Å². The molecule has 0 saturated carbocycles. The molecule has 2 aromatic rings. The molecular weight excluding hydrogens is 272 g/mol. The van der Waals surface area contributed by atoms with Gasteiger partial charge >= 0.3 is 0 Å². The lowest BCUT2D eigenvalue weighted by atomic mass is 9.91. The monoisotopic (exact) mass is 294 g/mol. The van der Waals surface area contributed by atoms with E-state index in [1.165, 1.54) is 5.56 Å². The Balaban J connectivity index is 1.98. The van der Waals surface area contributed by atoms with Crippen LogP contribution in [0.5, 0.6) is 0 Å². The van der Waals surface area contributed by atoms with Crippen molar-refractivity contribution in [1.82, 2.24) is 4.98 Å². The predicted octanol–water partition coefficient (Wildman–Crippen LogP) is 3.97. The number of nitrogens with zero attached hydrogens (tertiary/aromatic N) is 2. The highest BCUT2D eigenvalue weighted by Gasteiger charge is 2.31. The standard InChI is InChI=1S/C19H22N2O/c1-13-11-14-7-5-6-8-16(14)21(13)18(22)15-9-10-20-17(12-15)19(2,3)4/h5-10,12-13H,11H2,1-4H3/t13-/m1/s1. The van der Waals surface area contributed by atoms with Crippen molar-refractivity contribution in [2.45, 2.75) is 45.6 Å². The number of hydrogen-bond donors (Lipinski definition) is 0. The third kappa shape index (κ3) is 2.52. The first kappa shape index (κ1) is 14.8. The van der Waals surface area contributed by atoms with Crippen molar-refractivity contribution in [2.75, 3.05) is 4.90 Å². The van der Waals surface area contributed by atoms with Crippen LogP contribution in [-0.4, -0.2) is 16.9 Å². The highest BCUT2D eigenvalue weighted by atomic mass is 16.2. The summed E-state index contributed by atoms with van der Waals surface area (Å²) in [5, 5.41) is 0. The fourth-order valence-corrected chi connectivity index (χ4v) is 2.99. The molecule has 0 bridgehead atoms. The molecule has 1 aliphatic rings. The normalized spacial score (nSPS) is 17.5. The second-order valence-corrected chi connectivity index (χ2v) is 7.04. The number of amides is 1. The molecule has 0 spiro atoms. The van der Waals surface area contributed by atoms with Crippen LogP contribution >= 0.6 is 0 Å². The van der Waals surface area contributed by atoms with E-state index in [1.807, 2.05) is 35.2 Å². The van der Waals surface area contributed by atoms with Gasteiger partial charge in [0.25, 0.3) is 5.91 Å². The molecule has 1 amide bonds. The van der Waals surface area contributed by atoms with Crippen LogP contribution in [0.1, 0.15) is 49.3 Å². The van der Waals surface area contributed by atoms with Gasteiger partial charge in [0.2, 0.25) is 0 Å². The lowest BCUT2D eigenvalue weighted by Gasteiger charge is -2.24. The van der Waals surface area contributed by atoms with E-state index in [9.17, 15) is 4.79 Å². The smallest absolute Gasteiger partial charge is 0.258 e. The van der Waals surface area contributed by atoms with Gasteiger partial charge in [-0.25, -0.2) is 0 Å². The van der Waals surface area contributed by atoms with Gasteiger partial charge < -0.3 is 4.90 Å².